The van der Waals surface area contributed by atoms with Gasteiger partial charge in [0.15, 0.2) is 5.13 Å². The molecule has 0 saturated heterocycles. The smallest absolute Gasteiger partial charge is 0.273 e. The lowest BCUT2D eigenvalue weighted by Crippen LogP contribution is -2.34. The summed E-state index contributed by atoms with van der Waals surface area (Å²) in [6.45, 7) is 3.96. The van der Waals surface area contributed by atoms with Crippen LogP contribution < -0.4 is 5.32 Å². The Morgan fingerprint density at radius 1 is 1.20 bits per heavy atom. The van der Waals surface area contributed by atoms with Gasteiger partial charge in [0.05, 0.1) is 5.69 Å². The van der Waals surface area contributed by atoms with E-state index in [9.17, 15) is 14.0 Å². The SMILES string of the molecule is Cc1cc(-c2csc(NC(=O)C3=NN(C)C(=O)CC3)n2)c(C)n1-c1ccc(F)cc1. The first kappa shape index (κ1) is 20.0. The molecule has 7 nitrogen and oxygen atoms in total. The van der Waals surface area contributed by atoms with E-state index in [0.29, 0.717) is 17.3 Å². The lowest BCUT2D eigenvalue weighted by molar-refractivity contribution is -0.130. The van der Waals surface area contributed by atoms with E-state index < -0.39 is 0 Å². The monoisotopic (exact) mass is 425 g/mol. The largest absolute Gasteiger partial charge is 0.318 e. The van der Waals surface area contributed by atoms with Gasteiger partial charge >= 0.3 is 0 Å². The summed E-state index contributed by atoms with van der Waals surface area (Å²) in [5.74, 6) is -0.744. The highest BCUT2D eigenvalue weighted by Crippen LogP contribution is 2.31. The van der Waals surface area contributed by atoms with Gasteiger partial charge in [-0.25, -0.2) is 14.4 Å². The summed E-state index contributed by atoms with van der Waals surface area (Å²) in [7, 11) is 1.53. The zero-order valence-electron chi connectivity index (χ0n) is 16.8. The first-order valence-electron chi connectivity index (χ1n) is 9.39. The van der Waals surface area contributed by atoms with Crippen LogP contribution in [0, 0.1) is 19.7 Å². The second-order valence-corrected chi connectivity index (χ2v) is 7.91. The summed E-state index contributed by atoms with van der Waals surface area (Å²) in [5, 5.41) is 10.3. The molecule has 30 heavy (non-hydrogen) atoms. The van der Waals surface area contributed by atoms with E-state index >= 15 is 0 Å². The standard InChI is InChI=1S/C21H20FN5O2S/c1-12-10-16(13(2)27(12)15-6-4-14(22)5-7-15)18-11-30-21(23-18)24-20(29)17-8-9-19(28)26(3)25-17/h4-7,10-11H,8-9H2,1-3H3,(H,23,24,29). The van der Waals surface area contributed by atoms with Gasteiger partial charge in [-0.15, -0.1) is 11.3 Å². The molecule has 2 aromatic heterocycles. The van der Waals surface area contributed by atoms with Crippen LogP contribution in [0.2, 0.25) is 0 Å². The molecule has 0 radical (unpaired) electrons. The quantitative estimate of drug-likeness (QED) is 0.688. The molecule has 0 atom stereocenters. The van der Waals surface area contributed by atoms with Crippen molar-refractivity contribution in [3.63, 3.8) is 0 Å². The number of nitrogens with zero attached hydrogens (tertiary/aromatic N) is 4. The Balaban J connectivity index is 1.57. The number of carbonyl (C=O) groups excluding carboxylic acids is 2. The van der Waals surface area contributed by atoms with Crippen LogP contribution in [-0.4, -0.2) is 39.1 Å². The number of halogens is 1. The number of amides is 2. The lowest BCUT2D eigenvalue weighted by atomic mass is 10.1. The topological polar surface area (TPSA) is 79.6 Å². The normalized spacial score (nSPS) is 14.1. The van der Waals surface area contributed by atoms with Crippen molar-refractivity contribution < 1.29 is 14.0 Å². The van der Waals surface area contributed by atoms with Gasteiger partial charge in [0.25, 0.3) is 5.91 Å². The zero-order valence-corrected chi connectivity index (χ0v) is 17.6. The van der Waals surface area contributed by atoms with Gasteiger partial charge in [-0.05, 0) is 44.2 Å². The number of benzene rings is 1. The maximum atomic E-state index is 13.3. The second kappa shape index (κ2) is 7.83. The Morgan fingerprint density at radius 3 is 2.63 bits per heavy atom. The average molecular weight is 425 g/mol. The van der Waals surface area contributed by atoms with Crippen molar-refractivity contribution >= 4 is 34.0 Å². The van der Waals surface area contributed by atoms with Gasteiger partial charge < -0.3 is 4.57 Å². The molecule has 154 valence electrons. The van der Waals surface area contributed by atoms with Crippen molar-refractivity contribution in [1.82, 2.24) is 14.6 Å². The molecule has 1 N–H and O–H groups in total. The predicted octanol–water partition coefficient (Wildman–Crippen LogP) is 3.90. The number of rotatable bonds is 4. The number of aromatic nitrogens is 2. The fraction of sp³-hybridized carbons (Fsp3) is 0.238. The van der Waals surface area contributed by atoms with E-state index in [2.05, 4.69) is 15.4 Å². The molecule has 2 amide bonds. The molecule has 0 saturated carbocycles. The van der Waals surface area contributed by atoms with Crippen molar-refractivity contribution in [2.75, 3.05) is 12.4 Å². The summed E-state index contributed by atoms with van der Waals surface area (Å²) in [6, 6.07) is 8.36. The Hall–Kier alpha value is -3.33. The minimum absolute atomic E-state index is 0.111. The fourth-order valence-corrected chi connectivity index (χ4v) is 4.17. The zero-order chi connectivity index (χ0) is 21.4. The molecule has 0 aliphatic carbocycles. The number of anilines is 1. The van der Waals surface area contributed by atoms with Gasteiger partial charge in [0, 0.05) is 47.9 Å². The highest BCUT2D eigenvalue weighted by molar-refractivity contribution is 7.14. The molecule has 1 aliphatic rings. The molecule has 4 rings (SSSR count). The predicted molar refractivity (Wildman–Crippen MR) is 114 cm³/mol. The maximum absolute atomic E-state index is 13.3. The first-order valence-corrected chi connectivity index (χ1v) is 10.3. The van der Waals surface area contributed by atoms with E-state index in [1.807, 2.05) is 29.9 Å². The van der Waals surface area contributed by atoms with Gasteiger partial charge in [0.2, 0.25) is 5.91 Å². The summed E-state index contributed by atoms with van der Waals surface area (Å²) < 4.78 is 15.3. The van der Waals surface area contributed by atoms with Crippen LogP contribution in [0.3, 0.4) is 0 Å². The third kappa shape index (κ3) is 3.76. The molecule has 0 fully saturated rings. The van der Waals surface area contributed by atoms with Crippen molar-refractivity contribution in [3.8, 4) is 16.9 Å². The molecular formula is C21H20FN5O2S. The molecule has 9 heteroatoms. The molecular weight excluding hydrogens is 405 g/mol. The number of hydrogen-bond donors (Lipinski definition) is 1. The molecule has 0 bridgehead atoms. The van der Waals surface area contributed by atoms with Crippen LogP contribution >= 0.6 is 11.3 Å². The van der Waals surface area contributed by atoms with Crippen molar-refractivity contribution in [2.24, 2.45) is 5.10 Å². The Morgan fingerprint density at radius 2 is 1.93 bits per heavy atom. The van der Waals surface area contributed by atoms with Crippen molar-refractivity contribution in [2.45, 2.75) is 26.7 Å². The Labute approximate surface area is 176 Å². The third-order valence-corrected chi connectivity index (χ3v) is 5.74. The van der Waals surface area contributed by atoms with Crippen LogP contribution in [-0.2, 0) is 9.59 Å². The van der Waals surface area contributed by atoms with E-state index in [1.165, 1.54) is 35.5 Å². The van der Waals surface area contributed by atoms with Crippen molar-refractivity contribution in [3.05, 3.63) is 52.9 Å². The van der Waals surface area contributed by atoms with Crippen LogP contribution in [0.15, 0.2) is 40.8 Å². The first-order chi connectivity index (χ1) is 14.3. The maximum Gasteiger partial charge on any atom is 0.273 e. The third-order valence-electron chi connectivity index (χ3n) is 4.99. The van der Waals surface area contributed by atoms with Gasteiger partial charge in [-0.3, -0.25) is 14.9 Å². The summed E-state index contributed by atoms with van der Waals surface area (Å²) >= 11 is 1.32. The Bertz CT molecular complexity index is 1160. The minimum atomic E-state index is -0.355. The lowest BCUT2D eigenvalue weighted by Gasteiger charge is -2.18. The summed E-state index contributed by atoms with van der Waals surface area (Å²) in [4.78, 5) is 28.5. The number of aryl methyl sites for hydroxylation is 1. The molecule has 1 aliphatic heterocycles. The number of hydrogen-bond acceptors (Lipinski definition) is 5. The number of thiazole rings is 1. The van der Waals surface area contributed by atoms with E-state index in [0.717, 1.165) is 28.3 Å². The molecule has 0 spiro atoms. The molecule has 0 unspecified atom stereocenters. The molecule has 1 aromatic carbocycles. The van der Waals surface area contributed by atoms with Crippen LogP contribution in [0.4, 0.5) is 9.52 Å². The Kier molecular flexibility index (Phi) is 5.21. The fourth-order valence-electron chi connectivity index (χ4n) is 3.47. The van der Waals surface area contributed by atoms with E-state index in [4.69, 9.17) is 0 Å². The van der Waals surface area contributed by atoms with E-state index in [-0.39, 0.29) is 24.1 Å². The van der Waals surface area contributed by atoms with Gasteiger partial charge in [-0.2, -0.15) is 5.10 Å². The van der Waals surface area contributed by atoms with Crippen molar-refractivity contribution in [1.29, 1.82) is 0 Å². The van der Waals surface area contributed by atoms with Crippen LogP contribution in [0.1, 0.15) is 24.2 Å². The van der Waals surface area contributed by atoms with E-state index in [1.54, 1.807) is 12.1 Å². The molecule has 3 aromatic rings. The van der Waals surface area contributed by atoms with Gasteiger partial charge in [0.1, 0.15) is 11.5 Å². The second-order valence-electron chi connectivity index (χ2n) is 7.05. The summed E-state index contributed by atoms with van der Waals surface area (Å²) in [5.41, 5.74) is 4.83. The highest BCUT2D eigenvalue weighted by atomic mass is 32.1. The van der Waals surface area contributed by atoms with Crippen LogP contribution in [0.5, 0.6) is 0 Å². The number of carbonyl (C=O) groups is 2. The summed E-state index contributed by atoms with van der Waals surface area (Å²) in [6.07, 6.45) is 0.577. The van der Waals surface area contributed by atoms with Gasteiger partial charge in [-0.1, -0.05) is 0 Å². The highest BCUT2D eigenvalue weighted by Gasteiger charge is 2.23. The molecule has 3 heterocycles. The minimum Gasteiger partial charge on any atom is -0.318 e. The number of hydrazone groups is 1. The van der Waals surface area contributed by atoms with Crippen LogP contribution in [0.25, 0.3) is 16.9 Å². The average Bonchev–Trinajstić information content (AvgIpc) is 3.28. The number of nitrogens with one attached hydrogen (secondary N) is 1.